The van der Waals surface area contributed by atoms with Crippen molar-refractivity contribution in [1.82, 2.24) is 5.32 Å². The Morgan fingerprint density at radius 3 is 1.76 bits per heavy atom. The monoisotopic (exact) mass is 1060 g/mol. The smallest absolute Gasteiger partial charge is 0.462 e. The summed E-state index contributed by atoms with van der Waals surface area (Å²) in [6.45, 7) is 2.77. The van der Waals surface area contributed by atoms with E-state index in [9.17, 15) is 28.8 Å². The number of ether oxygens (including phenoxy) is 4. The molecule has 0 bridgehead atoms. The molecule has 5 unspecified atom stereocenters. The molecule has 0 radical (unpaired) electrons. The van der Waals surface area contributed by atoms with Crippen molar-refractivity contribution in [3.05, 3.63) is 71.3 Å². The number of unbranched alkanes of at least 4 members (excludes halogenated alkanes) is 18. The number of aliphatic hydroxyl groups is 1. The molecule has 1 aliphatic heterocycles. The Kier molecular flexibility index (Phi) is 31.8. The molecule has 0 fully saturated rings. The number of esters is 2. The lowest BCUT2D eigenvalue weighted by molar-refractivity contribution is -0.169. The van der Waals surface area contributed by atoms with Crippen molar-refractivity contribution < 1.29 is 61.4 Å². The van der Waals surface area contributed by atoms with E-state index < -0.39 is 79.7 Å². The summed E-state index contributed by atoms with van der Waals surface area (Å²) < 4.78 is 52.5. The summed E-state index contributed by atoms with van der Waals surface area (Å²) in [5.74, 6) is -1.42. The lowest BCUT2D eigenvalue weighted by Gasteiger charge is -2.35. The molecule has 3 rings (SSSR count). The fourth-order valence-electron chi connectivity index (χ4n) is 8.01. The van der Waals surface area contributed by atoms with Gasteiger partial charge in [0.05, 0.1) is 32.8 Å². The van der Waals surface area contributed by atoms with Crippen molar-refractivity contribution in [2.75, 3.05) is 13.2 Å². The molecule has 0 aliphatic carbocycles. The molecule has 2 aromatic rings. The third kappa shape index (κ3) is 27.3. The maximum atomic E-state index is 14.4. The first-order valence-corrected chi connectivity index (χ1v) is 28.1. The molecule has 396 valence electrons. The number of phosphoric acid groups is 1. The van der Waals surface area contributed by atoms with Crippen LogP contribution >= 0.6 is 42.6 Å². The fraction of sp³-hybridized carbons (Fsp3) is 0.692. The fourth-order valence-corrected chi connectivity index (χ4v) is 9.53. The third-order valence-corrected chi connectivity index (χ3v) is 13.7. The summed E-state index contributed by atoms with van der Waals surface area (Å²) in [7, 11) is -4.65. The van der Waals surface area contributed by atoms with Crippen LogP contribution in [-0.4, -0.2) is 76.9 Å². The van der Waals surface area contributed by atoms with Gasteiger partial charge in [0, 0.05) is 6.42 Å². The maximum Gasteiger partial charge on any atom is 0.475 e. The van der Waals surface area contributed by atoms with E-state index in [0.29, 0.717) is 30.4 Å². The van der Waals surface area contributed by atoms with Crippen LogP contribution < -0.4 is 5.32 Å². The average molecular weight is 1060 g/mol. The number of carbonyl (C=O) groups is 4. The van der Waals surface area contributed by atoms with E-state index in [4.69, 9.17) is 67.3 Å². The van der Waals surface area contributed by atoms with Gasteiger partial charge in [-0.25, -0.2) is 9.36 Å². The van der Waals surface area contributed by atoms with E-state index >= 15 is 0 Å². The summed E-state index contributed by atoms with van der Waals surface area (Å²) in [6.07, 6.45) is 14.4. The average Bonchev–Trinajstić information content (AvgIpc) is 3.51. The predicted molar refractivity (Wildman–Crippen MR) is 273 cm³/mol. The molecule has 2 N–H and O–H groups in total. The Labute approximate surface area is 431 Å². The summed E-state index contributed by atoms with van der Waals surface area (Å²) in [5.41, 5.74) is 2.09. The van der Waals surface area contributed by atoms with E-state index in [1.165, 1.54) is 70.6 Å². The van der Waals surface area contributed by atoms with Gasteiger partial charge in [-0.2, -0.15) is 0 Å². The first kappa shape index (κ1) is 61.5. The van der Waals surface area contributed by atoms with Crippen LogP contribution in [0.15, 0.2) is 54.6 Å². The molecule has 2 aromatic carbocycles. The van der Waals surface area contributed by atoms with Gasteiger partial charge in [0.2, 0.25) is 3.79 Å². The summed E-state index contributed by atoms with van der Waals surface area (Å²) in [5, 5.41) is 14.1. The van der Waals surface area contributed by atoms with Crippen molar-refractivity contribution in [3.8, 4) is 0 Å². The molecule has 14 nitrogen and oxygen atoms in total. The number of hydrogen-bond donors (Lipinski definition) is 2. The third-order valence-electron chi connectivity index (χ3n) is 12.0. The predicted octanol–water partition coefficient (Wildman–Crippen LogP) is 13.3. The second kappa shape index (κ2) is 36.2. The minimum Gasteiger partial charge on any atom is -0.462 e. The molecule has 70 heavy (non-hydrogen) atoms. The quantitative estimate of drug-likeness (QED) is 0.0162. The zero-order valence-corrected chi connectivity index (χ0v) is 44.5. The number of alkyl halides is 3. The molecule has 18 heteroatoms. The van der Waals surface area contributed by atoms with Crippen LogP contribution in [0.2, 0.25) is 0 Å². The maximum absolute atomic E-state index is 14.4. The second-order valence-corrected chi connectivity index (χ2v) is 22.2. The zero-order chi connectivity index (χ0) is 50.9. The molecule has 0 saturated heterocycles. The lowest BCUT2D eigenvalue weighted by Crippen LogP contribution is -2.56. The number of carbonyl (C=O) groups excluding carboxylic acids is 4. The number of phosphoric ester groups is 1. The number of halogens is 3. The van der Waals surface area contributed by atoms with Gasteiger partial charge in [0.25, 0.3) is 0 Å². The van der Waals surface area contributed by atoms with Crippen molar-refractivity contribution in [1.29, 1.82) is 0 Å². The topological polar surface area (TPSA) is 182 Å². The highest BCUT2D eigenvalue weighted by molar-refractivity contribution is 7.48. The van der Waals surface area contributed by atoms with Gasteiger partial charge in [-0.3, -0.25) is 23.2 Å². The first-order valence-electron chi connectivity index (χ1n) is 25.5. The highest BCUT2D eigenvalue weighted by atomic mass is 35.6. The summed E-state index contributed by atoms with van der Waals surface area (Å²) >= 11 is 17.4. The van der Waals surface area contributed by atoms with E-state index in [0.717, 1.165) is 50.5 Å². The van der Waals surface area contributed by atoms with Gasteiger partial charge in [-0.1, -0.05) is 219 Å². The number of benzene rings is 2. The molecule has 0 aromatic heterocycles. The Bertz CT molecular complexity index is 1770. The van der Waals surface area contributed by atoms with E-state index in [1.54, 1.807) is 36.4 Å². The van der Waals surface area contributed by atoms with Crippen LogP contribution in [-0.2, 0) is 71.3 Å². The Balaban J connectivity index is 1.84. The van der Waals surface area contributed by atoms with Crippen LogP contribution in [0.25, 0.3) is 0 Å². The van der Waals surface area contributed by atoms with Gasteiger partial charge in [-0.05, 0) is 36.0 Å². The lowest BCUT2D eigenvalue weighted by atomic mass is 10.0. The van der Waals surface area contributed by atoms with E-state index in [-0.39, 0.29) is 32.5 Å². The number of aliphatic hydroxyl groups excluding tert-OH is 1. The SMILES string of the molecule is CCCCCCCCCCCCCC(=O)OC(CCCCCCCCCCC)CC(=O)OC(C(C=O)NC(=O)OCC(Cl)(Cl)Cl)C(OP1(=O)OCc2ccccc2CO1)C(O)COCc1ccccc1. The Morgan fingerprint density at radius 2 is 1.23 bits per heavy atom. The molecule has 1 amide bonds. The standard InChI is InChI=1S/C52H79Cl3NO13P/c1-3-5-7-9-11-13-14-16-18-20-25-33-47(59)67-44(32-24-19-17-15-12-10-8-6-4-2)34-48(60)68-49(45(35-57)56-51(61)64-40-52(53,54)55)50(46(58)39-63-36-41-28-22-21-23-29-41)69-70(62)65-37-42-30-26-27-31-43(42)38-66-70/h21-23,26-31,35,44-46,49-50,58H,3-20,24-25,32-34,36-40H2,1-2H3,(H,56,61). The molecule has 0 spiro atoms. The minimum absolute atomic E-state index is 0.0266. The van der Waals surface area contributed by atoms with Gasteiger partial charge >= 0.3 is 25.9 Å². The highest BCUT2D eigenvalue weighted by Gasteiger charge is 2.46. The summed E-state index contributed by atoms with van der Waals surface area (Å²) in [4.78, 5) is 53.6. The van der Waals surface area contributed by atoms with Crippen molar-refractivity contribution in [2.45, 2.75) is 216 Å². The first-order chi connectivity index (χ1) is 33.8. The van der Waals surface area contributed by atoms with E-state index in [2.05, 4.69) is 19.2 Å². The molecular formula is C52H79Cl3NO13P. The van der Waals surface area contributed by atoms with Crippen LogP contribution in [0.4, 0.5) is 4.79 Å². The van der Waals surface area contributed by atoms with Crippen molar-refractivity contribution >= 4 is 66.9 Å². The molecule has 0 saturated carbocycles. The van der Waals surface area contributed by atoms with Gasteiger partial charge < -0.3 is 34.2 Å². The van der Waals surface area contributed by atoms with Crippen LogP contribution in [0.3, 0.4) is 0 Å². The Morgan fingerprint density at radius 1 is 0.714 bits per heavy atom. The largest absolute Gasteiger partial charge is 0.475 e. The second-order valence-electron chi connectivity index (χ2n) is 18.1. The van der Waals surface area contributed by atoms with Crippen molar-refractivity contribution in [3.63, 3.8) is 0 Å². The molecule has 1 aliphatic rings. The van der Waals surface area contributed by atoms with E-state index in [1.807, 2.05) is 18.2 Å². The number of aldehydes is 1. The zero-order valence-electron chi connectivity index (χ0n) is 41.4. The number of amides is 1. The molecule has 1 heterocycles. The normalized spacial score (nSPS) is 15.6. The number of alkyl carbamates (subject to hydrolysis) is 1. The number of hydrogen-bond acceptors (Lipinski definition) is 13. The van der Waals surface area contributed by atoms with Gasteiger partial charge in [-0.15, -0.1) is 0 Å². The van der Waals surface area contributed by atoms with Crippen LogP contribution in [0, 0.1) is 0 Å². The molecular weight excluding hydrogens is 984 g/mol. The number of rotatable bonds is 38. The minimum atomic E-state index is -4.65. The molecule has 5 atom stereocenters. The van der Waals surface area contributed by atoms with Crippen molar-refractivity contribution in [2.24, 2.45) is 0 Å². The van der Waals surface area contributed by atoms with Crippen LogP contribution in [0.5, 0.6) is 0 Å². The highest BCUT2D eigenvalue weighted by Crippen LogP contribution is 2.54. The van der Waals surface area contributed by atoms with Crippen LogP contribution in [0.1, 0.15) is 178 Å². The number of fused-ring (bicyclic) bond motifs is 1. The van der Waals surface area contributed by atoms with Gasteiger partial charge in [0.15, 0.2) is 6.10 Å². The summed E-state index contributed by atoms with van der Waals surface area (Å²) in [6, 6.07) is 14.3. The number of nitrogens with one attached hydrogen (secondary N) is 1. The van der Waals surface area contributed by atoms with Gasteiger partial charge in [0.1, 0.15) is 37.2 Å². The Hall–Kier alpha value is -2.78.